The molecule has 2 aliphatic rings. The molecule has 8 nitrogen and oxygen atoms in total. The van der Waals surface area contributed by atoms with Crippen molar-refractivity contribution in [3.05, 3.63) is 88.1 Å². The number of hydrogen-bond donors (Lipinski definition) is 3. The molecule has 3 N–H and O–H groups in total. The number of nitrogens with one attached hydrogen (secondary N) is 2. The van der Waals surface area contributed by atoms with Gasteiger partial charge in [-0.25, -0.2) is 0 Å². The summed E-state index contributed by atoms with van der Waals surface area (Å²) in [6, 6.07) is 17.7. The first-order valence-electron chi connectivity index (χ1n) is 13.7. The molecule has 208 valence electrons. The van der Waals surface area contributed by atoms with Gasteiger partial charge in [-0.05, 0) is 65.9 Å². The fraction of sp³-hybridized carbons (Fsp3) is 0.344. The van der Waals surface area contributed by atoms with Crippen LogP contribution in [-0.2, 0) is 24.2 Å². The molecule has 0 aliphatic carbocycles. The van der Waals surface area contributed by atoms with E-state index in [9.17, 15) is 9.90 Å². The molecule has 3 aromatic carbocycles. The lowest BCUT2D eigenvalue weighted by molar-refractivity contribution is -0.139. The van der Waals surface area contributed by atoms with Gasteiger partial charge in [0.15, 0.2) is 11.5 Å². The van der Waals surface area contributed by atoms with E-state index in [1.165, 1.54) is 11.1 Å². The van der Waals surface area contributed by atoms with E-state index in [1.807, 2.05) is 30.3 Å². The maximum atomic E-state index is 12.1. The standard InChI is InChI=1S/C32H35N3O5/c1-18-23-16-29(40-4)28(39-3)14-19(23)11-12-35(18)17-21-13-20(9-10-27(21)38-2)30-31-24(15-26(34-30)32(36)37)22-7-5-6-8-25(22)33-31/h5-10,13-14,16,18,26,30,33-34H,11-12,15,17H2,1-4H3,(H,36,37)/t18-,26-,30+/m0/s1. The minimum Gasteiger partial charge on any atom is -0.496 e. The van der Waals surface area contributed by atoms with Crippen LogP contribution in [0.3, 0.4) is 0 Å². The summed E-state index contributed by atoms with van der Waals surface area (Å²) in [6.07, 6.45) is 1.35. The van der Waals surface area contributed by atoms with Gasteiger partial charge in [0, 0.05) is 47.7 Å². The molecule has 40 heavy (non-hydrogen) atoms. The summed E-state index contributed by atoms with van der Waals surface area (Å²) in [4.78, 5) is 18.2. The topological polar surface area (TPSA) is 96.0 Å². The zero-order valence-electron chi connectivity index (χ0n) is 23.3. The Hall–Kier alpha value is -4.01. The highest BCUT2D eigenvalue weighted by Crippen LogP contribution is 2.40. The van der Waals surface area contributed by atoms with Gasteiger partial charge in [-0.1, -0.05) is 24.3 Å². The Morgan fingerprint density at radius 1 is 1.00 bits per heavy atom. The first kappa shape index (κ1) is 26.2. The van der Waals surface area contributed by atoms with Crippen LogP contribution in [0.15, 0.2) is 54.6 Å². The number of hydrogen-bond acceptors (Lipinski definition) is 6. The van der Waals surface area contributed by atoms with E-state index < -0.39 is 12.0 Å². The first-order valence-corrected chi connectivity index (χ1v) is 13.7. The number of carboxylic acids is 1. The molecule has 0 saturated carbocycles. The summed E-state index contributed by atoms with van der Waals surface area (Å²) in [5, 5.41) is 14.4. The molecular formula is C32H35N3O5. The Morgan fingerprint density at radius 2 is 1.75 bits per heavy atom. The van der Waals surface area contributed by atoms with Crippen molar-refractivity contribution in [2.75, 3.05) is 27.9 Å². The number of fused-ring (bicyclic) bond motifs is 4. The lowest BCUT2D eigenvalue weighted by Gasteiger charge is -2.36. The predicted octanol–water partition coefficient (Wildman–Crippen LogP) is 5.00. The van der Waals surface area contributed by atoms with Crippen LogP contribution in [-0.4, -0.2) is 54.9 Å². The third kappa shape index (κ3) is 4.47. The van der Waals surface area contributed by atoms with Gasteiger partial charge >= 0.3 is 5.97 Å². The van der Waals surface area contributed by atoms with Gasteiger partial charge in [-0.3, -0.25) is 15.0 Å². The van der Waals surface area contributed by atoms with E-state index >= 15 is 0 Å². The maximum Gasteiger partial charge on any atom is 0.321 e. The largest absolute Gasteiger partial charge is 0.496 e. The lowest BCUT2D eigenvalue weighted by Crippen LogP contribution is -2.45. The average Bonchev–Trinajstić information content (AvgIpc) is 3.36. The Bertz CT molecular complexity index is 1580. The molecule has 0 saturated heterocycles. The third-order valence-electron chi connectivity index (χ3n) is 8.53. The molecule has 0 radical (unpaired) electrons. The smallest absolute Gasteiger partial charge is 0.321 e. The van der Waals surface area contributed by atoms with Crippen molar-refractivity contribution in [3.63, 3.8) is 0 Å². The van der Waals surface area contributed by atoms with Crippen LogP contribution < -0.4 is 19.5 Å². The molecule has 4 aromatic rings. The number of aromatic amines is 1. The summed E-state index contributed by atoms with van der Waals surface area (Å²) in [5.41, 5.74) is 7.69. The molecule has 0 unspecified atom stereocenters. The fourth-order valence-corrected chi connectivity index (χ4v) is 6.39. The minimum absolute atomic E-state index is 0.168. The zero-order chi connectivity index (χ0) is 28.0. The van der Waals surface area contributed by atoms with E-state index in [2.05, 4.69) is 46.4 Å². The molecule has 0 spiro atoms. The van der Waals surface area contributed by atoms with Gasteiger partial charge in [-0.15, -0.1) is 0 Å². The highest BCUT2D eigenvalue weighted by Gasteiger charge is 2.34. The van der Waals surface area contributed by atoms with E-state index in [4.69, 9.17) is 14.2 Å². The summed E-state index contributed by atoms with van der Waals surface area (Å²) in [5.74, 6) is 1.46. The Kier molecular flexibility index (Phi) is 6.90. The second kappa shape index (κ2) is 10.5. The van der Waals surface area contributed by atoms with Gasteiger partial charge in [0.1, 0.15) is 11.8 Å². The second-order valence-corrected chi connectivity index (χ2v) is 10.6. The number of rotatable bonds is 7. The first-order chi connectivity index (χ1) is 19.4. The van der Waals surface area contributed by atoms with E-state index in [-0.39, 0.29) is 12.1 Å². The maximum absolute atomic E-state index is 12.1. The number of aromatic nitrogens is 1. The molecule has 3 heterocycles. The van der Waals surface area contributed by atoms with E-state index in [0.29, 0.717) is 13.0 Å². The number of aliphatic carboxylic acids is 1. The molecular weight excluding hydrogens is 506 g/mol. The Balaban J connectivity index is 1.35. The average molecular weight is 542 g/mol. The normalized spacial score (nSPS) is 20.6. The zero-order valence-corrected chi connectivity index (χ0v) is 23.3. The highest BCUT2D eigenvalue weighted by molar-refractivity contribution is 5.87. The van der Waals surface area contributed by atoms with E-state index in [1.54, 1.807) is 21.3 Å². The summed E-state index contributed by atoms with van der Waals surface area (Å²) >= 11 is 0. The van der Waals surface area contributed by atoms with Crippen LogP contribution in [0.25, 0.3) is 10.9 Å². The van der Waals surface area contributed by atoms with Crippen molar-refractivity contribution in [2.45, 2.75) is 44.4 Å². The number of benzene rings is 3. The summed E-state index contributed by atoms with van der Waals surface area (Å²) < 4.78 is 16.9. The van der Waals surface area contributed by atoms with Gasteiger partial charge in [0.05, 0.1) is 27.4 Å². The van der Waals surface area contributed by atoms with Crippen molar-refractivity contribution in [2.24, 2.45) is 0 Å². The Labute approximate surface area is 233 Å². The summed E-state index contributed by atoms with van der Waals surface area (Å²) in [7, 11) is 5.03. The number of ether oxygens (including phenoxy) is 3. The van der Waals surface area contributed by atoms with E-state index in [0.717, 1.165) is 63.5 Å². The number of carbonyl (C=O) groups is 1. The molecule has 0 amide bonds. The molecule has 8 heteroatoms. The van der Waals surface area contributed by atoms with Gasteiger partial charge < -0.3 is 24.3 Å². The number of H-pyrrole nitrogens is 1. The van der Waals surface area contributed by atoms with Crippen LogP contribution in [0.5, 0.6) is 17.2 Å². The summed E-state index contributed by atoms with van der Waals surface area (Å²) in [6.45, 7) is 3.81. The molecule has 1 aromatic heterocycles. The van der Waals surface area contributed by atoms with Crippen molar-refractivity contribution < 1.29 is 24.1 Å². The minimum atomic E-state index is -0.845. The monoisotopic (exact) mass is 541 g/mol. The van der Waals surface area contributed by atoms with Crippen molar-refractivity contribution in [1.82, 2.24) is 15.2 Å². The van der Waals surface area contributed by atoms with Crippen LogP contribution in [0.1, 0.15) is 52.5 Å². The quantitative estimate of drug-likeness (QED) is 0.303. The molecule has 3 atom stereocenters. The molecule has 0 bridgehead atoms. The number of carboxylic acid groups (broad SMARTS) is 1. The van der Waals surface area contributed by atoms with Gasteiger partial charge in [-0.2, -0.15) is 0 Å². The third-order valence-corrected chi connectivity index (χ3v) is 8.53. The number of nitrogens with zero attached hydrogens (tertiary/aromatic N) is 1. The fourth-order valence-electron chi connectivity index (χ4n) is 6.39. The van der Waals surface area contributed by atoms with Gasteiger partial charge in [0.2, 0.25) is 0 Å². The van der Waals surface area contributed by atoms with Crippen LogP contribution in [0, 0.1) is 0 Å². The predicted molar refractivity (Wildman–Crippen MR) is 153 cm³/mol. The van der Waals surface area contributed by atoms with Crippen LogP contribution >= 0.6 is 0 Å². The van der Waals surface area contributed by atoms with Crippen molar-refractivity contribution >= 4 is 16.9 Å². The van der Waals surface area contributed by atoms with Crippen molar-refractivity contribution in [1.29, 1.82) is 0 Å². The molecule has 2 aliphatic heterocycles. The van der Waals surface area contributed by atoms with Crippen molar-refractivity contribution in [3.8, 4) is 17.2 Å². The lowest BCUT2D eigenvalue weighted by atomic mass is 9.89. The SMILES string of the molecule is COc1ccc([C@H]2N[C@H](C(=O)O)Cc3c2[nH]c2ccccc32)cc1CN1CCc2cc(OC)c(OC)cc2[C@@H]1C. The number of para-hydroxylation sites is 1. The van der Waals surface area contributed by atoms with Crippen LogP contribution in [0.2, 0.25) is 0 Å². The Morgan fingerprint density at radius 3 is 2.50 bits per heavy atom. The van der Waals surface area contributed by atoms with Gasteiger partial charge in [0.25, 0.3) is 0 Å². The molecule has 0 fully saturated rings. The van der Waals surface area contributed by atoms with Crippen LogP contribution in [0.4, 0.5) is 0 Å². The second-order valence-electron chi connectivity index (χ2n) is 10.6. The number of methoxy groups -OCH3 is 3. The highest BCUT2D eigenvalue weighted by atomic mass is 16.5. The molecule has 6 rings (SSSR count).